The van der Waals surface area contributed by atoms with E-state index in [2.05, 4.69) is 10.6 Å². The highest BCUT2D eigenvalue weighted by Crippen LogP contribution is 2.35. The molecule has 11 heteroatoms. The van der Waals surface area contributed by atoms with Crippen molar-refractivity contribution in [3.05, 3.63) is 33.9 Å². The average Bonchev–Trinajstić information content (AvgIpc) is 2.67. The number of halogens is 3. The topological polar surface area (TPSA) is 111 Å². The third kappa shape index (κ3) is 5.58. The maximum Gasteiger partial charge on any atom is 0.416 e. The maximum absolute atomic E-state index is 12.7. The number of nitro groups is 1. The van der Waals surface area contributed by atoms with Crippen molar-refractivity contribution >= 4 is 23.3 Å². The van der Waals surface area contributed by atoms with Crippen molar-refractivity contribution in [1.82, 2.24) is 5.32 Å². The number of nitrogens with zero attached hydrogens (tertiary/aromatic N) is 1. The van der Waals surface area contributed by atoms with Gasteiger partial charge >= 0.3 is 12.1 Å². The minimum atomic E-state index is -4.70. The number of rotatable bonds is 7. The Hall–Kier alpha value is -2.85. The van der Waals surface area contributed by atoms with Gasteiger partial charge in [-0.3, -0.25) is 14.9 Å². The molecule has 1 saturated carbocycles. The summed E-state index contributed by atoms with van der Waals surface area (Å²) in [5, 5.41) is 16.4. The van der Waals surface area contributed by atoms with E-state index in [1.165, 1.54) is 7.11 Å². The summed E-state index contributed by atoms with van der Waals surface area (Å²) in [4.78, 5) is 34.6. The quantitative estimate of drug-likeness (QED) is 0.400. The molecular weight excluding hydrogens is 395 g/mol. The zero-order chi connectivity index (χ0) is 21.7. The van der Waals surface area contributed by atoms with Crippen LogP contribution in [-0.4, -0.2) is 36.0 Å². The van der Waals surface area contributed by atoms with Gasteiger partial charge in [-0.15, -0.1) is 0 Å². The second-order valence-electron chi connectivity index (χ2n) is 6.85. The van der Waals surface area contributed by atoms with E-state index in [-0.39, 0.29) is 18.7 Å². The van der Waals surface area contributed by atoms with Crippen LogP contribution < -0.4 is 10.6 Å². The highest BCUT2D eigenvalue weighted by atomic mass is 19.4. The zero-order valence-electron chi connectivity index (χ0n) is 15.8. The summed E-state index contributed by atoms with van der Waals surface area (Å²) in [6.45, 7) is -0.0602. The highest BCUT2D eigenvalue weighted by Gasteiger charge is 2.41. The second-order valence-corrected chi connectivity index (χ2v) is 6.85. The summed E-state index contributed by atoms with van der Waals surface area (Å²) in [7, 11) is 1.25. The van der Waals surface area contributed by atoms with Crippen LogP contribution in [0.4, 0.5) is 24.5 Å². The number of nitro benzene ring substituents is 1. The van der Waals surface area contributed by atoms with E-state index in [0.717, 1.165) is 31.4 Å². The predicted molar refractivity (Wildman–Crippen MR) is 97.2 cm³/mol. The lowest BCUT2D eigenvalue weighted by Crippen LogP contribution is -2.56. The molecule has 1 aliphatic rings. The summed E-state index contributed by atoms with van der Waals surface area (Å²) in [5.74, 6) is -0.976. The van der Waals surface area contributed by atoms with Gasteiger partial charge in [0, 0.05) is 19.0 Å². The van der Waals surface area contributed by atoms with Gasteiger partial charge in [0.1, 0.15) is 11.2 Å². The van der Waals surface area contributed by atoms with E-state index < -0.39 is 39.8 Å². The number of hydrogen-bond donors (Lipinski definition) is 2. The molecule has 1 aromatic carbocycles. The van der Waals surface area contributed by atoms with Gasteiger partial charge in [0.2, 0.25) is 5.91 Å². The Balaban J connectivity index is 2.01. The first-order chi connectivity index (χ1) is 13.6. The SMILES string of the molecule is COC(=O)C1(NC(=O)CCNc2ccc(C(F)(F)F)cc2[N+](=O)[O-])CCCCC1. The largest absolute Gasteiger partial charge is 0.467 e. The molecule has 2 rings (SSSR count). The summed E-state index contributed by atoms with van der Waals surface area (Å²) < 4.78 is 43.0. The molecule has 1 aliphatic carbocycles. The van der Waals surface area contributed by atoms with Crippen molar-refractivity contribution in [3.8, 4) is 0 Å². The molecule has 1 aromatic rings. The number of benzene rings is 1. The van der Waals surface area contributed by atoms with Crippen LogP contribution in [0, 0.1) is 10.1 Å². The van der Waals surface area contributed by atoms with Crippen molar-refractivity contribution < 1.29 is 32.4 Å². The number of amides is 1. The van der Waals surface area contributed by atoms with Gasteiger partial charge in [0.05, 0.1) is 17.6 Å². The molecule has 0 aliphatic heterocycles. The molecule has 8 nitrogen and oxygen atoms in total. The average molecular weight is 417 g/mol. The van der Waals surface area contributed by atoms with Crippen LogP contribution in [-0.2, 0) is 20.5 Å². The Morgan fingerprint density at radius 2 is 1.90 bits per heavy atom. The Bertz CT molecular complexity index is 776. The Morgan fingerprint density at radius 1 is 1.24 bits per heavy atom. The van der Waals surface area contributed by atoms with Gasteiger partial charge in [0.25, 0.3) is 5.69 Å². The second kappa shape index (κ2) is 9.10. The first-order valence-electron chi connectivity index (χ1n) is 9.08. The van der Waals surface area contributed by atoms with Crippen molar-refractivity contribution in [1.29, 1.82) is 0 Å². The molecule has 0 atom stereocenters. The van der Waals surface area contributed by atoms with Gasteiger partial charge in [-0.05, 0) is 25.0 Å². The standard InChI is InChI=1S/C18H22F3N3O5/c1-29-16(26)17(8-3-2-4-9-17)23-15(25)7-10-22-13-6-5-12(18(19,20)21)11-14(13)24(27)28/h5-6,11,22H,2-4,7-10H2,1H3,(H,23,25). The van der Waals surface area contributed by atoms with Crippen LogP contribution >= 0.6 is 0 Å². The third-order valence-electron chi connectivity index (χ3n) is 4.85. The molecule has 29 heavy (non-hydrogen) atoms. The van der Waals surface area contributed by atoms with E-state index >= 15 is 0 Å². The summed E-state index contributed by atoms with van der Waals surface area (Å²) in [6, 6.07) is 2.12. The fourth-order valence-electron chi connectivity index (χ4n) is 3.38. The molecule has 0 heterocycles. The number of anilines is 1. The normalized spacial score (nSPS) is 16.0. The Labute approximate surface area is 164 Å². The number of ether oxygens (including phenoxy) is 1. The molecule has 0 unspecified atom stereocenters. The molecule has 1 fully saturated rings. The van der Waals surface area contributed by atoms with E-state index in [1.54, 1.807) is 0 Å². The maximum atomic E-state index is 12.7. The Morgan fingerprint density at radius 3 is 2.45 bits per heavy atom. The molecule has 0 saturated heterocycles. The zero-order valence-corrected chi connectivity index (χ0v) is 15.8. The predicted octanol–water partition coefficient (Wildman–Crippen LogP) is 3.41. The van der Waals surface area contributed by atoms with E-state index in [9.17, 15) is 32.9 Å². The fourth-order valence-corrected chi connectivity index (χ4v) is 3.38. The molecule has 0 aromatic heterocycles. The molecule has 2 N–H and O–H groups in total. The number of methoxy groups -OCH3 is 1. The van der Waals surface area contributed by atoms with Crippen LogP contribution in [0.1, 0.15) is 44.1 Å². The molecular formula is C18H22F3N3O5. The van der Waals surface area contributed by atoms with Crippen LogP contribution in [0.2, 0.25) is 0 Å². The van der Waals surface area contributed by atoms with E-state index in [1.807, 2.05) is 0 Å². The molecule has 0 spiro atoms. The van der Waals surface area contributed by atoms with E-state index in [0.29, 0.717) is 18.9 Å². The Kier molecular flexibility index (Phi) is 7.04. The lowest BCUT2D eigenvalue weighted by atomic mass is 9.81. The summed E-state index contributed by atoms with van der Waals surface area (Å²) >= 11 is 0. The van der Waals surface area contributed by atoms with Crippen LogP contribution in [0.3, 0.4) is 0 Å². The molecule has 160 valence electrons. The first-order valence-corrected chi connectivity index (χ1v) is 9.08. The first kappa shape index (κ1) is 22.4. The van der Waals surface area contributed by atoms with Gasteiger partial charge in [0.15, 0.2) is 0 Å². The monoisotopic (exact) mass is 417 g/mol. The van der Waals surface area contributed by atoms with Crippen molar-refractivity contribution in [3.63, 3.8) is 0 Å². The molecule has 0 bridgehead atoms. The van der Waals surface area contributed by atoms with Gasteiger partial charge in [-0.2, -0.15) is 13.2 Å². The summed E-state index contributed by atoms with van der Waals surface area (Å²) in [5.41, 5.74) is -3.08. The smallest absolute Gasteiger partial charge is 0.416 e. The summed E-state index contributed by atoms with van der Waals surface area (Å²) in [6.07, 6.45) is -1.42. The number of hydrogen-bond acceptors (Lipinski definition) is 6. The number of carbonyl (C=O) groups excluding carboxylic acids is 2. The van der Waals surface area contributed by atoms with E-state index in [4.69, 9.17) is 4.74 Å². The molecule has 0 radical (unpaired) electrons. The number of esters is 1. The van der Waals surface area contributed by atoms with Crippen LogP contribution in [0.5, 0.6) is 0 Å². The number of nitrogens with one attached hydrogen (secondary N) is 2. The van der Waals surface area contributed by atoms with Crippen molar-refractivity contribution in [2.24, 2.45) is 0 Å². The third-order valence-corrected chi connectivity index (χ3v) is 4.85. The number of carbonyl (C=O) groups is 2. The van der Waals surface area contributed by atoms with Crippen LogP contribution in [0.25, 0.3) is 0 Å². The lowest BCUT2D eigenvalue weighted by Gasteiger charge is -2.35. The fraction of sp³-hybridized carbons (Fsp3) is 0.556. The minimum Gasteiger partial charge on any atom is -0.467 e. The highest BCUT2D eigenvalue weighted by molar-refractivity contribution is 5.88. The van der Waals surface area contributed by atoms with Gasteiger partial charge in [-0.25, -0.2) is 4.79 Å². The van der Waals surface area contributed by atoms with Crippen molar-refractivity contribution in [2.45, 2.75) is 50.2 Å². The molecule has 1 amide bonds. The lowest BCUT2D eigenvalue weighted by molar-refractivity contribution is -0.384. The van der Waals surface area contributed by atoms with Crippen LogP contribution in [0.15, 0.2) is 18.2 Å². The van der Waals surface area contributed by atoms with Crippen molar-refractivity contribution in [2.75, 3.05) is 19.0 Å². The van der Waals surface area contributed by atoms with Gasteiger partial charge < -0.3 is 15.4 Å². The minimum absolute atomic E-state index is 0.0602. The number of alkyl halides is 3. The van der Waals surface area contributed by atoms with Gasteiger partial charge in [-0.1, -0.05) is 19.3 Å².